The lowest BCUT2D eigenvalue weighted by Crippen LogP contribution is -2.26. The van der Waals surface area contributed by atoms with Crippen molar-refractivity contribution in [3.63, 3.8) is 0 Å². The number of carbonyl (C=O) groups is 1. The van der Waals surface area contributed by atoms with Gasteiger partial charge in [0.1, 0.15) is 6.61 Å². The molecule has 0 amide bonds. The number of halogens is 1. The summed E-state index contributed by atoms with van der Waals surface area (Å²) in [5, 5.41) is 10.9. The highest BCUT2D eigenvalue weighted by Gasteiger charge is 2.24. The molecule has 0 heterocycles. The minimum atomic E-state index is -3.90. The Kier molecular flexibility index (Phi) is 7.24. The van der Waals surface area contributed by atoms with Crippen molar-refractivity contribution in [3.8, 4) is 0 Å². The quantitative estimate of drug-likeness (QED) is 0.271. The van der Waals surface area contributed by atoms with Gasteiger partial charge in [0, 0.05) is 25.7 Å². The van der Waals surface area contributed by atoms with Gasteiger partial charge in [0.05, 0.1) is 20.4 Å². The minimum absolute atomic E-state index is 0.0266. The predicted molar refractivity (Wildman–Crippen MR) is 119 cm³/mol. The van der Waals surface area contributed by atoms with Crippen LogP contribution in [0.3, 0.4) is 0 Å². The summed E-state index contributed by atoms with van der Waals surface area (Å²) < 4.78 is 32.3. The molecule has 0 aromatic heterocycles. The van der Waals surface area contributed by atoms with Crippen LogP contribution in [0.25, 0.3) is 0 Å². The van der Waals surface area contributed by atoms with Crippen molar-refractivity contribution in [2.45, 2.75) is 18.0 Å². The normalized spacial score (nSPS) is 11.3. The van der Waals surface area contributed by atoms with E-state index < -0.39 is 20.9 Å². The number of sulfonamides is 1. The Bertz CT molecular complexity index is 1250. The number of hydrogen-bond acceptors (Lipinski definition) is 6. The standard InChI is InChI=1S/C22H19ClN2O6S/c1-24(14-16-6-3-2-4-7-16)32(29,30)19-10-11-21(23)20(13-19)22(26)31-15-17-8-5-9-18(12-17)25(27)28/h2-13H,14-15H2,1H3. The van der Waals surface area contributed by atoms with Gasteiger partial charge in [-0.2, -0.15) is 4.31 Å². The van der Waals surface area contributed by atoms with Crippen LogP contribution in [-0.2, 0) is 27.9 Å². The molecule has 0 radical (unpaired) electrons. The molecule has 0 unspecified atom stereocenters. The predicted octanol–water partition coefficient (Wildman–Crippen LogP) is 4.43. The lowest BCUT2D eigenvalue weighted by molar-refractivity contribution is -0.384. The third kappa shape index (κ3) is 5.50. The van der Waals surface area contributed by atoms with E-state index in [0.717, 1.165) is 11.6 Å². The van der Waals surface area contributed by atoms with Gasteiger partial charge >= 0.3 is 5.97 Å². The molecule has 3 aromatic carbocycles. The fourth-order valence-electron chi connectivity index (χ4n) is 2.91. The highest BCUT2D eigenvalue weighted by atomic mass is 35.5. The lowest BCUT2D eigenvalue weighted by atomic mass is 10.2. The van der Waals surface area contributed by atoms with E-state index in [-0.39, 0.29) is 34.3 Å². The zero-order chi connectivity index (χ0) is 23.3. The van der Waals surface area contributed by atoms with Crippen molar-refractivity contribution in [2.75, 3.05) is 7.05 Å². The van der Waals surface area contributed by atoms with Crippen LogP contribution in [0.4, 0.5) is 5.69 Å². The summed E-state index contributed by atoms with van der Waals surface area (Å²) in [7, 11) is -2.46. The van der Waals surface area contributed by atoms with Crippen LogP contribution in [0, 0.1) is 10.1 Å². The van der Waals surface area contributed by atoms with Gasteiger partial charge in [-0.15, -0.1) is 0 Å². The summed E-state index contributed by atoms with van der Waals surface area (Å²) in [4.78, 5) is 22.8. The van der Waals surface area contributed by atoms with Crippen LogP contribution < -0.4 is 0 Å². The summed E-state index contributed by atoms with van der Waals surface area (Å²) in [6.45, 7) is -0.0832. The summed E-state index contributed by atoms with van der Waals surface area (Å²) >= 11 is 6.10. The second-order valence-corrected chi connectivity index (χ2v) is 9.34. The third-order valence-electron chi connectivity index (χ3n) is 4.61. The second-order valence-electron chi connectivity index (χ2n) is 6.89. The van der Waals surface area contributed by atoms with Gasteiger partial charge in [-0.3, -0.25) is 10.1 Å². The average molecular weight is 475 g/mol. The molecule has 0 aliphatic rings. The molecule has 32 heavy (non-hydrogen) atoms. The number of rotatable bonds is 8. The molecule has 166 valence electrons. The number of nitro benzene ring substituents is 1. The highest BCUT2D eigenvalue weighted by molar-refractivity contribution is 7.89. The molecule has 0 aliphatic heterocycles. The van der Waals surface area contributed by atoms with Crippen LogP contribution in [0.5, 0.6) is 0 Å². The minimum Gasteiger partial charge on any atom is -0.457 e. The molecule has 3 rings (SSSR count). The SMILES string of the molecule is CN(Cc1ccccc1)S(=O)(=O)c1ccc(Cl)c(C(=O)OCc2cccc([N+](=O)[O-])c2)c1. The zero-order valence-corrected chi connectivity index (χ0v) is 18.5. The van der Waals surface area contributed by atoms with Crippen LogP contribution in [-0.4, -0.2) is 30.7 Å². The first-order valence-electron chi connectivity index (χ1n) is 9.39. The molecule has 3 aromatic rings. The number of esters is 1. The van der Waals surface area contributed by atoms with E-state index in [2.05, 4.69) is 0 Å². The number of nitro groups is 1. The molecule has 0 atom stereocenters. The summed E-state index contributed by atoms with van der Waals surface area (Å²) in [6, 6.07) is 18.5. The van der Waals surface area contributed by atoms with E-state index in [4.69, 9.17) is 16.3 Å². The Hall–Kier alpha value is -3.27. The molecule has 8 nitrogen and oxygen atoms in total. The van der Waals surface area contributed by atoms with E-state index in [1.54, 1.807) is 6.07 Å². The summed E-state index contributed by atoms with van der Waals surface area (Å²) in [6.07, 6.45) is 0. The first-order chi connectivity index (χ1) is 15.2. The van der Waals surface area contributed by atoms with Gasteiger partial charge in [-0.25, -0.2) is 13.2 Å². The highest BCUT2D eigenvalue weighted by Crippen LogP contribution is 2.25. The maximum atomic E-state index is 13.0. The number of non-ortho nitro benzene ring substituents is 1. The van der Waals surface area contributed by atoms with Crippen molar-refractivity contribution < 1.29 is 22.9 Å². The Morgan fingerprint density at radius 2 is 1.72 bits per heavy atom. The summed E-state index contributed by atoms with van der Waals surface area (Å²) in [5.74, 6) is -0.843. The largest absolute Gasteiger partial charge is 0.457 e. The van der Waals surface area contributed by atoms with Crippen molar-refractivity contribution in [3.05, 3.63) is 105 Å². The molecular weight excluding hydrogens is 456 g/mol. The van der Waals surface area contributed by atoms with Crippen LogP contribution in [0.2, 0.25) is 5.02 Å². The monoisotopic (exact) mass is 474 g/mol. The van der Waals surface area contributed by atoms with Gasteiger partial charge in [-0.05, 0) is 29.3 Å². The van der Waals surface area contributed by atoms with E-state index in [1.807, 2.05) is 30.3 Å². The number of nitrogens with zero attached hydrogens (tertiary/aromatic N) is 2. The smallest absolute Gasteiger partial charge is 0.340 e. The molecule has 0 N–H and O–H groups in total. The molecule has 0 bridgehead atoms. The van der Waals surface area contributed by atoms with Crippen molar-refractivity contribution in [1.29, 1.82) is 0 Å². The molecule has 0 fully saturated rings. The van der Waals surface area contributed by atoms with Crippen molar-refractivity contribution in [1.82, 2.24) is 4.31 Å². The Morgan fingerprint density at radius 1 is 1.03 bits per heavy atom. The average Bonchev–Trinajstić information content (AvgIpc) is 2.78. The molecule has 0 saturated carbocycles. The number of hydrogen-bond donors (Lipinski definition) is 0. The Morgan fingerprint density at radius 3 is 2.41 bits per heavy atom. The molecule has 0 spiro atoms. The summed E-state index contributed by atoms with van der Waals surface area (Å²) in [5.41, 5.74) is 0.969. The van der Waals surface area contributed by atoms with Gasteiger partial charge in [0.25, 0.3) is 5.69 Å². The first kappa shape index (κ1) is 23.4. The van der Waals surface area contributed by atoms with E-state index in [0.29, 0.717) is 5.56 Å². The second kappa shape index (κ2) is 9.90. The fraction of sp³-hybridized carbons (Fsp3) is 0.136. The van der Waals surface area contributed by atoms with Gasteiger partial charge < -0.3 is 4.74 Å². The van der Waals surface area contributed by atoms with E-state index in [1.165, 1.54) is 41.7 Å². The Labute approximate surface area is 190 Å². The zero-order valence-electron chi connectivity index (χ0n) is 17.0. The van der Waals surface area contributed by atoms with Gasteiger partial charge in [0.2, 0.25) is 10.0 Å². The molecule has 10 heteroatoms. The van der Waals surface area contributed by atoms with E-state index >= 15 is 0 Å². The number of ether oxygens (including phenoxy) is 1. The fourth-order valence-corrected chi connectivity index (χ4v) is 4.29. The lowest BCUT2D eigenvalue weighted by Gasteiger charge is -2.18. The molecular formula is C22H19ClN2O6S. The van der Waals surface area contributed by atoms with E-state index in [9.17, 15) is 23.3 Å². The van der Waals surface area contributed by atoms with Crippen LogP contribution >= 0.6 is 11.6 Å². The molecule has 0 saturated heterocycles. The number of carbonyl (C=O) groups excluding carboxylic acids is 1. The maximum absolute atomic E-state index is 13.0. The molecule has 0 aliphatic carbocycles. The van der Waals surface area contributed by atoms with Gasteiger partial charge in [0.15, 0.2) is 0 Å². The van der Waals surface area contributed by atoms with Crippen molar-refractivity contribution >= 4 is 33.3 Å². The van der Waals surface area contributed by atoms with Crippen LogP contribution in [0.15, 0.2) is 77.7 Å². The van der Waals surface area contributed by atoms with Crippen LogP contribution in [0.1, 0.15) is 21.5 Å². The topological polar surface area (TPSA) is 107 Å². The number of benzene rings is 3. The third-order valence-corrected chi connectivity index (χ3v) is 6.73. The van der Waals surface area contributed by atoms with Gasteiger partial charge in [-0.1, -0.05) is 54.1 Å². The van der Waals surface area contributed by atoms with Crippen molar-refractivity contribution in [2.24, 2.45) is 0 Å². The Balaban J connectivity index is 1.77. The first-order valence-corrected chi connectivity index (χ1v) is 11.2. The maximum Gasteiger partial charge on any atom is 0.340 e.